The fraction of sp³-hybridized carbons (Fsp3) is 0.222. The summed E-state index contributed by atoms with van der Waals surface area (Å²) in [6, 6.07) is 16.2. The Morgan fingerprint density at radius 2 is 1.90 bits per heavy atom. The number of nitrogens with zero attached hydrogens (tertiary/aromatic N) is 1. The second-order valence-corrected chi connectivity index (χ2v) is 5.26. The topological polar surface area (TPSA) is 16.4 Å². The van der Waals surface area contributed by atoms with Gasteiger partial charge >= 0.3 is 0 Å². The van der Waals surface area contributed by atoms with Gasteiger partial charge in [0.25, 0.3) is 0 Å². The van der Waals surface area contributed by atoms with Gasteiger partial charge in [-0.2, -0.15) is 0 Å². The van der Waals surface area contributed by atoms with E-state index in [1.54, 1.807) is 0 Å². The predicted octanol–water partition coefficient (Wildman–Crippen LogP) is 4.81. The first-order valence-electron chi connectivity index (χ1n) is 7.06. The summed E-state index contributed by atoms with van der Waals surface area (Å²) >= 11 is 0. The highest BCUT2D eigenvalue weighted by Gasteiger charge is 2.09. The number of para-hydroxylation sites is 1. The molecule has 2 aromatic carbocycles. The third-order valence-electron chi connectivity index (χ3n) is 3.74. The van der Waals surface area contributed by atoms with E-state index < -0.39 is 0 Å². The molecule has 0 bridgehead atoms. The zero-order valence-electron chi connectivity index (χ0n) is 12.3. The van der Waals surface area contributed by atoms with Gasteiger partial charge in [-0.25, -0.2) is 4.39 Å². The Morgan fingerprint density at radius 1 is 1.10 bits per heavy atom. The Bertz CT molecular complexity index is 730. The van der Waals surface area contributed by atoms with Crippen molar-refractivity contribution in [2.24, 2.45) is 0 Å². The van der Waals surface area contributed by atoms with Gasteiger partial charge in [-0.3, -0.25) is 0 Å². The van der Waals surface area contributed by atoms with E-state index in [1.165, 1.54) is 0 Å². The van der Waals surface area contributed by atoms with Crippen molar-refractivity contribution >= 4 is 16.7 Å². The Morgan fingerprint density at radius 3 is 2.62 bits per heavy atom. The van der Waals surface area contributed by atoms with Crippen molar-refractivity contribution in [1.82, 2.24) is 0 Å². The lowest BCUT2D eigenvalue weighted by Crippen LogP contribution is -2.20. The fourth-order valence-corrected chi connectivity index (χ4v) is 2.61. The molecule has 0 fully saturated rings. The van der Waals surface area contributed by atoms with Crippen LogP contribution in [0.15, 0.2) is 52.9 Å². The van der Waals surface area contributed by atoms with Crippen molar-refractivity contribution in [3.8, 4) is 11.3 Å². The van der Waals surface area contributed by atoms with Gasteiger partial charge in [0.1, 0.15) is 18.0 Å². The molecule has 108 valence electrons. The third kappa shape index (κ3) is 2.64. The molecule has 0 amide bonds. The zero-order valence-corrected chi connectivity index (χ0v) is 12.3. The fourth-order valence-electron chi connectivity index (χ4n) is 2.61. The Hall–Kier alpha value is -2.29. The highest BCUT2D eigenvalue weighted by molar-refractivity contribution is 5.83. The lowest BCUT2D eigenvalue weighted by atomic mass is 10.1. The van der Waals surface area contributed by atoms with E-state index in [1.807, 2.05) is 55.3 Å². The molecule has 2 nitrogen and oxygen atoms in total. The van der Waals surface area contributed by atoms with Gasteiger partial charge in [0.2, 0.25) is 0 Å². The summed E-state index contributed by atoms with van der Waals surface area (Å²) in [5.41, 5.74) is 4.10. The van der Waals surface area contributed by atoms with Crippen LogP contribution >= 0.6 is 0 Å². The van der Waals surface area contributed by atoms with E-state index in [9.17, 15) is 4.39 Å². The molecule has 0 saturated carbocycles. The maximum atomic E-state index is 12.5. The number of alkyl halides is 1. The minimum Gasteiger partial charge on any atom is -0.456 e. The zero-order chi connectivity index (χ0) is 14.8. The number of furan rings is 1. The quantitative estimate of drug-likeness (QED) is 0.683. The number of hydrogen-bond donors (Lipinski definition) is 0. The Kier molecular flexibility index (Phi) is 3.65. The van der Waals surface area contributed by atoms with E-state index in [2.05, 4.69) is 12.1 Å². The number of rotatable bonds is 4. The van der Waals surface area contributed by atoms with Crippen LogP contribution in [0.3, 0.4) is 0 Å². The van der Waals surface area contributed by atoms with Crippen molar-refractivity contribution in [1.29, 1.82) is 0 Å². The average Bonchev–Trinajstić information content (AvgIpc) is 2.91. The number of benzene rings is 2. The lowest BCUT2D eigenvalue weighted by molar-refractivity contribution is 0.497. The summed E-state index contributed by atoms with van der Waals surface area (Å²) in [4.78, 5) is 1.93. The van der Waals surface area contributed by atoms with Gasteiger partial charge < -0.3 is 9.32 Å². The second-order valence-electron chi connectivity index (χ2n) is 5.26. The Labute approximate surface area is 123 Å². The molecular weight excluding hydrogens is 265 g/mol. The van der Waals surface area contributed by atoms with Gasteiger partial charge in [0.15, 0.2) is 0 Å². The third-order valence-corrected chi connectivity index (χ3v) is 3.74. The van der Waals surface area contributed by atoms with Gasteiger partial charge in [-0.1, -0.05) is 18.2 Å². The molecule has 21 heavy (non-hydrogen) atoms. The molecule has 0 aliphatic heterocycles. The number of aryl methyl sites for hydroxylation is 1. The molecule has 0 aliphatic carbocycles. The first kappa shape index (κ1) is 13.7. The van der Waals surface area contributed by atoms with Crippen LogP contribution in [0.1, 0.15) is 5.56 Å². The van der Waals surface area contributed by atoms with E-state index in [-0.39, 0.29) is 6.67 Å². The van der Waals surface area contributed by atoms with Crippen LogP contribution in [0.25, 0.3) is 22.3 Å². The molecule has 1 aromatic heterocycles. The van der Waals surface area contributed by atoms with Crippen molar-refractivity contribution in [2.45, 2.75) is 6.92 Å². The maximum absolute atomic E-state index is 12.5. The SMILES string of the molecule is Cc1cc(-c2cc3ccccc3o2)ccc1N(C)CCF. The van der Waals surface area contributed by atoms with Crippen LogP contribution in [-0.4, -0.2) is 20.3 Å². The van der Waals surface area contributed by atoms with E-state index in [0.717, 1.165) is 33.5 Å². The van der Waals surface area contributed by atoms with Crippen molar-refractivity contribution in [2.75, 3.05) is 25.2 Å². The molecule has 0 unspecified atom stereocenters. The molecule has 0 atom stereocenters. The summed E-state index contributed by atoms with van der Waals surface area (Å²) in [5, 5.41) is 1.10. The molecule has 3 rings (SSSR count). The highest BCUT2D eigenvalue weighted by atomic mass is 19.1. The molecule has 0 saturated heterocycles. The van der Waals surface area contributed by atoms with Crippen LogP contribution in [0.2, 0.25) is 0 Å². The number of anilines is 1. The number of hydrogen-bond acceptors (Lipinski definition) is 2. The summed E-state index contributed by atoms with van der Waals surface area (Å²) in [7, 11) is 1.91. The summed E-state index contributed by atoms with van der Waals surface area (Å²) in [6.45, 7) is 2.10. The molecule has 3 heteroatoms. The molecular formula is C18H18FNO. The summed E-state index contributed by atoms with van der Waals surface area (Å²) in [6.07, 6.45) is 0. The van der Waals surface area contributed by atoms with E-state index in [0.29, 0.717) is 6.54 Å². The van der Waals surface area contributed by atoms with Gasteiger partial charge in [-0.15, -0.1) is 0 Å². The standard InChI is InChI=1S/C18H18FNO/c1-13-11-15(7-8-16(13)20(2)10-9-19)18-12-14-5-3-4-6-17(14)21-18/h3-8,11-12H,9-10H2,1-2H3. The molecule has 1 heterocycles. The van der Waals surface area contributed by atoms with Crippen LogP contribution < -0.4 is 4.90 Å². The van der Waals surface area contributed by atoms with Crippen LogP contribution in [0, 0.1) is 6.92 Å². The van der Waals surface area contributed by atoms with Gasteiger partial charge in [-0.05, 0) is 42.8 Å². The minimum atomic E-state index is -0.346. The van der Waals surface area contributed by atoms with Gasteiger partial charge in [0, 0.05) is 30.2 Å². The molecule has 0 aliphatic rings. The normalized spacial score (nSPS) is 11.0. The molecule has 0 radical (unpaired) electrons. The van der Waals surface area contributed by atoms with E-state index >= 15 is 0 Å². The predicted molar refractivity (Wildman–Crippen MR) is 85.6 cm³/mol. The van der Waals surface area contributed by atoms with Crippen molar-refractivity contribution in [3.63, 3.8) is 0 Å². The van der Waals surface area contributed by atoms with Gasteiger partial charge in [0.05, 0.1) is 0 Å². The molecule has 3 aromatic rings. The second kappa shape index (κ2) is 5.60. The van der Waals surface area contributed by atoms with Crippen molar-refractivity contribution in [3.05, 3.63) is 54.1 Å². The van der Waals surface area contributed by atoms with Crippen molar-refractivity contribution < 1.29 is 8.81 Å². The molecule has 0 spiro atoms. The van der Waals surface area contributed by atoms with E-state index in [4.69, 9.17) is 4.42 Å². The summed E-state index contributed by atoms with van der Waals surface area (Å²) in [5.74, 6) is 0.860. The maximum Gasteiger partial charge on any atom is 0.135 e. The minimum absolute atomic E-state index is 0.346. The summed E-state index contributed by atoms with van der Waals surface area (Å²) < 4.78 is 18.3. The monoisotopic (exact) mass is 283 g/mol. The van der Waals surface area contributed by atoms with Crippen LogP contribution in [-0.2, 0) is 0 Å². The van der Waals surface area contributed by atoms with Crippen LogP contribution in [0.4, 0.5) is 10.1 Å². The average molecular weight is 283 g/mol. The lowest BCUT2D eigenvalue weighted by Gasteiger charge is -2.20. The number of fused-ring (bicyclic) bond motifs is 1. The first-order valence-corrected chi connectivity index (χ1v) is 7.06. The largest absolute Gasteiger partial charge is 0.456 e. The highest BCUT2D eigenvalue weighted by Crippen LogP contribution is 2.30. The smallest absolute Gasteiger partial charge is 0.135 e. The first-order chi connectivity index (χ1) is 10.2. The Balaban J connectivity index is 1.97. The molecule has 0 N–H and O–H groups in total. The number of halogens is 1. The van der Waals surface area contributed by atoms with Crippen LogP contribution in [0.5, 0.6) is 0 Å².